The molecule has 0 aliphatic heterocycles. The first kappa shape index (κ1) is 13.0. The molecule has 0 saturated carbocycles. The maximum atomic E-state index is 11.3. The molecule has 96 valence electrons. The number of hydrogen-bond donors (Lipinski definition) is 0. The monoisotopic (exact) mass is 286 g/mol. The fourth-order valence-corrected chi connectivity index (χ4v) is 2.57. The molecule has 2 aromatic heterocycles. The lowest BCUT2D eigenvalue weighted by Gasteiger charge is -2.05. The van der Waals surface area contributed by atoms with Gasteiger partial charge in [-0.25, -0.2) is 13.4 Å². The van der Waals surface area contributed by atoms with Crippen LogP contribution in [0.1, 0.15) is 12.6 Å². The molecule has 18 heavy (non-hydrogen) atoms. The highest BCUT2D eigenvalue weighted by Crippen LogP contribution is 2.20. The highest BCUT2D eigenvalue weighted by molar-refractivity contribution is 8.13. The van der Waals surface area contributed by atoms with Gasteiger partial charge in [-0.2, -0.15) is 0 Å². The van der Waals surface area contributed by atoms with Crippen LogP contribution >= 0.6 is 10.7 Å². The summed E-state index contributed by atoms with van der Waals surface area (Å²) in [6.07, 6.45) is 0. The van der Waals surface area contributed by atoms with Crippen molar-refractivity contribution in [3.8, 4) is 11.5 Å². The van der Waals surface area contributed by atoms with Crippen molar-refractivity contribution in [2.75, 3.05) is 0 Å². The number of halogens is 1. The summed E-state index contributed by atoms with van der Waals surface area (Å²) >= 11 is 0. The fraction of sp³-hybridized carbons (Fsp3) is 0.300. The Hall–Kier alpha value is -1.47. The van der Waals surface area contributed by atoms with Crippen LogP contribution in [0.15, 0.2) is 23.4 Å². The van der Waals surface area contributed by atoms with Gasteiger partial charge < -0.3 is 0 Å². The number of aromatic nitrogens is 4. The van der Waals surface area contributed by atoms with Crippen molar-refractivity contribution in [2.24, 2.45) is 0 Å². The van der Waals surface area contributed by atoms with Crippen LogP contribution in [-0.4, -0.2) is 28.2 Å². The van der Waals surface area contributed by atoms with Crippen LogP contribution in [0, 0.1) is 6.92 Å². The van der Waals surface area contributed by atoms with Crippen molar-refractivity contribution in [2.45, 2.75) is 25.5 Å². The Kier molecular flexibility index (Phi) is 3.36. The Morgan fingerprint density at radius 2 is 2.06 bits per heavy atom. The molecule has 6 nitrogen and oxygen atoms in total. The summed E-state index contributed by atoms with van der Waals surface area (Å²) in [5.74, 6) is 0.389. The van der Waals surface area contributed by atoms with E-state index in [9.17, 15) is 8.42 Å². The second-order valence-electron chi connectivity index (χ2n) is 3.65. The van der Waals surface area contributed by atoms with Gasteiger partial charge in [0, 0.05) is 22.9 Å². The molecule has 2 heterocycles. The standard InChI is InChI=1S/C10H11ClN4O2S/c1-3-15-9(8-6-4-5-7(2)12-8)13-14-10(15)18(11,16)17/h4-6H,3H2,1-2H3. The molecular weight excluding hydrogens is 276 g/mol. The molecule has 0 fully saturated rings. The predicted octanol–water partition coefficient (Wildman–Crippen LogP) is 1.60. The molecule has 0 saturated heterocycles. The van der Waals surface area contributed by atoms with E-state index in [0.29, 0.717) is 18.1 Å². The highest BCUT2D eigenvalue weighted by atomic mass is 35.7. The zero-order chi connectivity index (χ0) is 13.3. The van der Waals surface area contributed by atoms with Gasteiger partial charge in [0.2, 0.25) is 0 Å². The lowest BCUT2D eigenvalue weighted by Crippen LogP contribution is -2.06. The SMILES string of the molecule is CCn1c(-c2cccc(C)n2)nnc1S(=O)(=O)Cl. The Labute approximate surface area is 109 Å². The van der Waals surface area contributed by atoms with Crippen molar-refractivity contribution in [1.29, 1.82) is 0 Å². The van der Waals surface area contributed by atoms with E-state index in [4.69, 9.17) is 10.7 Å². The van der Waals surface area contributed by atoms with E-state index < -0.39 is 9.05 Å². The maximum Gasteiger partial charge on any atom is 0.296 e. The van der Waals surface area contributed by atoms with E-state index in [1.54, 1.807) is 13.0 Å². The van der Waals surface area contributed by atoms with E-state index in [1.165, 1.54) is 4.57 Å². The number of nitrogens with zero attached hydrogens (tertiary/aromatic N) is 4. The van der Waals surface area contributed by atoms with E-state index >= 15 is 0 Å². The Balaban J connectivity index is 2.63. The molecule has 0 aromatic carbocycles. The van der Waals surface area contributed by atoms with E-state index in [2.05, 4.69) is 15.2 Å². The minimum absolute atomic E-state index is 0.259. The molecular formula is C10H11ClN4O2S. The average Bonchev–Trinajstić information content (AvgIpc) is 2.72. The highest BCUT2D eigenvalue weighted by Gasteiger charge is 2.22. The normalized spacial score (nSPS) is 11.7. The van der Waals surface area contributed by atoms with Crippen LogP contribution in [0.3, 0.4) is 0 Å². The summed E-state index contributed by atoms with van der Waals surface area (Å²) in [5, 5.41) is 7.21. The first-order valence-electron chi connectivity index (χ1n) is 5.25. The van der Waals surface area contributed by atoms with Gasteiger partial charge >= 0.3 is 0 Å². The number of pyridine rings is 1. The van der Waals surface area contributed by atoms with Crippen LogP contribution in [0.5, 0.6) is 0 Å². The molecule has 0 aliphatic rings. The van der Waals surface area contributed by atoms with Crippen molar-refractivity contribution in [3.05, 3.63) is 23.9 Å². The zero-order valence-corrected chi connectivity index (χ0v) is 11.4. The third-order valence-electron chi connectivity index (χ3n) is 2.37. The van der Waals surface area contributed by atoms with Gasteiger partial charge in [-0.1, -0.05) is 6.07 Å². The molecule has 0 radical (unpaired) electrons. The number of aryl methyl sites for hydroxylation is 1. The average molecular weight is 287 g/mol. The summed E-state index contributed by atoms with van der Waals surface area (Å²) in [6.45, 7) is 4.02. The van der Waals surface area contributed by atoms with Crippen molar-refractivity contribution < 1.29 is 8.42 Å². The molecule has 0 aliphatic carbocycles. The molecule has 0 unspecified atom stereocenters. The third kappa shape index (κ3) is 2.37. The van der Waals surface area contributed by atoms with Crippen LogP contribution < -0.4 is 0 Å². The Morgan fingerprint density at radius 1 is 1.33 bits per heavy atom. The summed E-state index contributed by atoms with van der Waals surface area (Å²) in [7, 11) is 1.39. The van der Waals surface area contributed by atoms with Crippen LogP contribution in [0.25, 0.3) is 11.5 Å². The minimum atomic E-state index is -3.91. The van der Waals surface area contributed by atoms with Gasteiger partial charge in [0.15, 0.2) is 5.82 Å². The Bertz CT molecular complexity index is 681. The van der Waals surface area contributed by atoms with Crippen LogP contribution in [-0.2, 0) is 15.6 Å². The van der Waals surface area contributed by atoms with Gasteiger partial charge in [-0.05, 0) is 26.0 Å². The second-order valence-corrected chi connectivity index (χ2v) is 6.11. The van der Waals surface area contributed by atoms with Gasteiger partial charge in [-0.15, -0.1) is 10.2 Å². The molecule has 0 spiro atoms. The molecule has 8 heteroatoms. The maximum absolute atomic E-state index is 11.3. The number of rotatable bonds is 3. The lowest BCUT2D eigenvalue weighted by molar-refractivity contribution is 0.582. The Morgan fingerprint density at radius 3 is 2.61 bits per heavy atom. The largest absolute Gasteiger partial charge is 0.296 e. The van der Waals surface area contributed by atoms with Gasteiger partial charge in [0.05, 0.1) is 0 Å². The quantitative estimate of drug-likeness (QED) is 0.801. The molecule has 2 rings (SSSR count). The molecule has 2 aromatic rings. The van der Waals surface area contributed by atoms with E-state index in [1.807, 2.05) is 19.1 Å². The first-order chi connectivity index (χ1) is 8.43. The predicted molar refractivity (Wildman–Crippen MR) is 66.7 cm³/mol. The van der Waals surface area contributed by atoms with Crippen molar-refractivity contribution in [3.63, 3.8) is 0 Å². The summed E-state index contributed by atoms with van der Waals surface area (Å²) < 4.78 is 24.1. The zero-order valence-electron chi connectivity index (χ0n) is 9.83. The molecule has 0 atom stereocenters. The van der Waals surface area contributed by atoms with Crippen LogP contribution in [0.2, 0.25) is 0 Å². The molecule has 0 bridgehead atoms. The van der Waals surface area contributed by atoms with Gasteiger partial charge in [0.1, 0.15) is 5.69 Å². The molecule has 0 amide bonds. The summed E-state index contributed by atoms with van der Waals surface area (Å²) in [6, 6.07) is 5.41. The van der Waals surface area contributed by atoms with Crippen molar-refractivity contribution in [1.82, 2.24) is 19.7 Å². The summed E-state index contributed by atoms with van der Waals surface area (Å²) in [4.78, 5) is 4.29. The molecule has 0 N–H and O–H groups in total. The second kappa shape index (κ2) is 4.66. The van der Waals surface area contributed by atoms with Crippen LogP contribution in [0.4, 0.5) is 0 Å². The van der Waals surface area contributed by atoms with Gasteiger partial charge in [-0.3, -0.25) is 4.57 Å². The summed E-state index contributed by atoms with van der Waals surface area (Å²) in [5.41, 5.74) is 1.38. The number of hydrogen-bond acceptors (Lipinski definition) is 5. The third-order valence-corrected chi connectivity index (χ3v) is 3.52. The van der Waals surface area contributed by atoms with Gasteiger partial charge in [0.25, 0.3) is 14.2 Å². The van der Waals surface area contributed by atoms with E-state index in [0.717, 1.165) is 5.69 Å². The van der Waals surface area contributed by atoms with E-state index in [-0.39, 0.29) is 5.16 Å². The minimum Gasteiger partial charge on any atom is -0.296 e. The van der Waals surface area contributed by atoms with Crippen molar-refractivity contribution >= 4 is 19.7 Å². The lowest BCUT2D eigenvalue weighted by atomic mass is 10.3. The smallest absolute Gasteiger partial charge is 0.296 e. The topological polar surface area (TPSA) is 77.7 Å². The first-order valence-corrected chi connectivity index (χ1v) is 7.56. The fourth-order valence-electron chi connectivity index (χ4n) is 1.61.